The molecule has 3 rings (SSSR count). The SMILES string of the molecule is CN(C)C(=O)Cn1cc(Nc2ncc(Cl)c(NCC3CCCN3S(C)(=O)=O)n2)cn1. The Kier molecular flexibility index (Phi) is 6.78. The Morgan fingerprint density at radius 2 is 2.13 bits per heavy atom. The van der Waals surface area contributed by atoms with Crippen LogP contribution in [-0.2, 0) is 21.4 Å². The summed E-state index contributed by atoms with van der Waals surface area (Å²) in [6.07, 6.45) is 7.52. The van der Waals surface area contributed by atoms with Crippen molar-refractivity contribution in [3.63, 3.8) is 0 Å². The summed E-state index contributed by atoms with van der Waals surface area (Å²) < 4.78 is 26.8. The van der Waals surface area contributed by atoms with Gasteiger partial charge in [0.15, 0.2) is 5.82 Å². The molecule has 2 N–H and O–H groups in total. The predicted molar refractivity (Wildman–Crippen MR) is 114 cm³/mol. The second-order valence-electron chi connectivity index (χ2n) is 7.28. The zero-order valence-electron chi connectivity index (χ0n) is 17.0. The largest absolute Gasteiger partial charge is 0.367 e. The quantitative estimate of drug-likeness (QED) is 0.602. The van der Waals surface area contributed by atoms with Gasteiger partial charge < -0.3 is 15.5 Å². The van der Waals surface area contributed by atoms with Crippen LogP contribution in [0.1, 0.15) is 12.8 Å². The number of anilines is 3. The summed E-state index contributed by atoms with van der Waals surface area (Å²) in [7, 11) is 0.117. The van der Waals surface area contributed by atoms with Crippen molar-refractivity contribution in [1.29, 1.82) is 0 Å². The first-order valence-electron chi connectivity index (χ1n) is 9.36. The van der Waals surface area contributed by atoms with Crippen LogP contribution in [0.5, 0.6) is 0 Å². The van der Waals surface area contributed by atoms with Crippen molar-refractivity contribution in [1.82, 2.24) is 29.0 Å². The van der Waals surface area contributed by atoms with E-state index in [9.17, 15) is 13.2 Å². The van der Waals surface area contributed by atoms with Gasteiger partial charge in [0.05, 0.1) is 24.3 Å². The molecule has 164 valence electrons. The topological polar surface area (TPSA) is 125 Å². The van der Waals surface area contributed by atoms with Crippen molar-refractivity contribution in [3.05, 3.63) is 23.6 Å². The molecule has 1 aliphatic rings. The van der Waals surface area contributed by atoms with Crippen LogP contribution in [0.15, 0.2) is 18.6 Å². The molecule has 13 heteroatoms. The molecule has 0 radical (unpaired) electrons. The fourth-order valence-corrected chi connectivity index (χ4v) is 4.48. The summed E-state index contributed by atoms with van der Waals surface area (Å²) >= 11 is 6.20. The number of carbonyl (C=O) groups is 1. The molecule has 2 aromatic heterocycles. The molecule has 0 aromatic carbocycles. The fraction of sp³-hybridized carbons (Fsp3) is 0.529. The minimum absolute atomic E-state index is 0.0751. The highest BCUT2D eigenvalue weighted by molar-refractivity contribution is 7.88. The number of hydrogen-bond donors (Lipinski definition) is 2. The lowest BCUT2D eigenvalue weighted by Crippen LogP contribution is -2.38. The van der Waals surface area contributed by atoms with Gasteiger partial charge in [-0.2, -0.15) is 14.4 Å². The Balaban J connectivity index is 1.64. The Morgan fingerprint density at radius 1 is 1.37 bits per heavy atom. The molecule has 3 heterocycles. The second kappa shape index (κ2) is 9.14. The number of hydrogen-bond acceptors (Lipinski definition) is 8. The molecular weight excluding hydrogens is 432 g/mol. The minimum atomic E-state index is -3.25. The summed E-state index contributed by atoms with van der Waals surface area (Å²) in [5, 5.41) is 10.6. The van der Waals surface area contributed by atoms with Gasteiger partial charge in [0.1, 0.15) is 11.6 Å². The third kappa shape index (κ3) is 5.58. The molecule has 1 unspecified atom stereocenters. The number of halogens is 1. The Hall–Kier alpha value is -2.44. The van der Waals surface area contributed by atoms with Crippen molar-refractivity contribution < 1.29 is 13.2 Å². The number of rotatable bonds is 8. The highest BCUT2D eigenvalue weighted by atomic mass is 35.5. The first-order chi connectivity index (χ1) is 14.1. The molecule has 1 fully saturated rings. The van der Waals surface area contributed by atoms with Crippen molar-refractivity contribution in [2.75, 3.05) is 44.1 Å². The van der Waals surface area contributed by atoms with Gasteiger partial charge >= 0.3 is 0 Å². The molecular formula is C17H25ClN8O3S. The van der Waals surface area contributed by atoms with Gasteiger partial charge in [-0.25, -0.2) is 13.4 Å². The summed E-state index contributed by atoms with van der Waals surface area (Å²) in [6, 6.07) is -0.144. The maximum atomic E-state index is 11.9. The number of nitrogens with one attached hydrogen (secondary N) is 2. The normalized spacial score (nSPS) is 17.1. The zero-order chi connectivity index (χ0) is 21.9. The van der Waals surface area contributed by atoms with E-state index in [0.29, 0.717) is 35.6 Å². The van der Waals surface area contributed by atoms with Gasteiger partial charge in [0, 0.05) is 39.4 Å². The molecule has 0 bridgehead atoms. The van der Waals surface area contributed by atoms with E-state index in [0.717, 1.165) is 12.8 Å². The molecule has 30 heavy (non-hydrogen) atoms. The van der Waals surface area contributed by atoms with Crippen LogP contribution < -0.4 is 10.6 Å². The summed E-state index contributed by atoms with van der Waals surface area (Å²) in [5.41, 5.74) is 0.619. The zero-order valence-corrected chi connectivity index (χ0v) is 18.6. The van der Waals surface area contributed by atoms with Gasteiger partial charge in [-0.3, -0.25) is 9.48 Å². The monoisotopic (exact) mass is 456 g/mol. The Labute approximate surface area is 180 Å². The lowest BCUT2D eigenvalue weighted by molar-refractivity contribution is -0.129. The van der Waals surface area contributed by atoms with Crippen LogP contribution in [0.4, 0.5) is 17.5 Å². The molecule has 1 aliphatic heterocycles. The molecule has 11 nitrogen and oxygen atoms in total. The van der Waals surface area contributed by atoms with Crippen molar-refractivity contribution in [2.24, 2.45) is 0 Å². The van der Waals surface area contributed by atoms with Crippen LogP contribution in [0.3, 0.4) is 0 Å². The van der Waals surface area contributed by atoms with E-state index < -0.39 is 10.0 Å². The van der Waals surface area contributed by atoms with Crippen LogP contribution in [-0.4, -0.2) is 82.8 Å². The lowest BCUT2D eigenvalue weighted by atomic mass is 10.2. The average Bonchev–Trinajstić information content (AvgIpc) is 3.31. The van der Waals surface area contributed by atoms with Crippen LogP contribution >= 0.6 is 11.6 Å². The number of carbonyl (C=O) groups excluding carboxylic acids is 1. The minimum Gasteiger partial charge on any atom is -0.367 e. The van der Waals surface area contributed by atoms with E-state index in [1.54, 1.807) is 26.5 Å². The smallest absolute Gasteiger partial charge is 0.243 e. The number of amides is 1. The van der Waals surface area contributed by atoms with E-state index in [1.807, 2.05) is 0 Å². The fourth-order valence-electron chi connectivity index (χ4n) is 3.14. The summed E-state index contributed by atoms with van der Waals surface area (Å²) in [6.45, 7) is 1.05. The molecule has 0 aliphatic carbocycles. The lowest BCUT2D eigenvalue weighted by Gasteiger charge is -2.22. The standard InChI is InChI=1S/C17H25ClN8O3S/c1-24(2)15(27)11-25-10-12(7-21-25)22-17-20-9-14(18)16(23-17)19-8-13-5-4-6-26(13)30(3,28)29/h7,9-10,13H,4-6,8,11H2,1-3H3,(H2,19,20,22,23). The van der Waals surface area contributed by atoms with Gasteiger partial charge in [0.2, 0.25) is 21.9 Å². The number of sulfonamides is 1. The van der Waals surface area contributed by atoms with E-state index in [4.69, 9.17) is 11.6 Å². The van der Waals surface area contributed by atoms with Gasteiger partial charge in [-0.15, -0.1) is 0 Å². The Morgan fingerprint density at radius 3 is 2.83 bits per heavy atom. The molecule has 1 atom stereocenters. The maximum absolute atomic E-state index is 11.9. The first-order valence-corrected chi connectivity index (χ1v) is 11.6. The number of likely N-dealkylation sites (N-methyl/N-ethyl adjacent to an activating group) is 1. The highest BCUT2D eigenvalue weighted by Gasteiger charge is 2.31. The number of nitrogens with zero attached hydrogens (tertiary/aromatic N) is 6. The summed E-state index contributed by atoms with van der Waals surface area (Å²) in [5.74, 6) is 0.630. The summed E-state index contributed by atoms with van der Waals surface area (Å²) in [4.78, 5) is 21.8. The van der Waals surface area contributed by atoms with E-state index in [1.165, 1.54) is 26.3 Å². The third-order valence-electron chi connectivity index (χ3n) is 4.68. The number of aromatic nitrogens is 4. The van der Waals surface area contributed by atoms with Crippen LogP contribution in [0.25, 0.3) is 0 Å². The van der Waals surface area contributed by atoms with Gasteiger partial charge in [-0.05, 0) is 12.8 Å². The molecule has 0 spiro atoms. The van der Waals surface area contributed by atoms with E-state index >= 15 is 0 Å². The van der Waals surface area contributed by atoms with Crippen molar-refractivity contribution in [2.45, 2.75) is 25.4 Å². The van der Waals surface area contributed by atoms with Crippen molar-refractivity contribution >= 4 is 45.0 Å². The van der Waals surface area contributed by atoms with Crippen molar-refractivity contribution in [3.8, 4) is 0 Å². The molecule has 1 saturated heterocycles. The highest BCUT2D eigenvalue weighted by Crippen LogP contribution is 2.24. The Bertz CT molecular complexity index is 1010. The predicted octanol–water partition coefficient (Wildman–Crippen LogP) is 0.994. The van der Waals surface area contributed by atoms with E-state index in [-0.39, 0.29) is 18.5 Å². The molecule has 1 amide bonds. The van der Waals surface area contributed by atoms with Crippen LogP contribution in [0.2, 0.25) is 5.02 Å². The molecule has 2 aromatic rings. The maximum Gasteiger partial charge on any atom is 0.243 e. The van der Waals surface area contributed by atoms with E-state index in [2.05, 4.69) is 25.7 Å². The average molecular weight is 457 g/mol. The van der Waals surface area contributed by atoms with Crippen LogP contribution in [0, 0.1) is 0 Å². The van der Waals surface area contributed by atoms with Gasteiger partial charge in [-0.1, -0.05) is 11.6 Å². The third-order valence-corrected chi connectivity index (χ3v) is 6.29. The van der Waals surface area contributed by atoms with Gasteiger partial charge in [0.25, 0.3) is 0 Å². The molecule has 0 saturated carbocycles. The second-order valence-corrected chi connectivity index (χ2v) is 9.62. The first kappa shape index (κ1) is 22.2.